The molecule has 2 aromatic rings. The number of carbonyl (C=O) groups excluding carboxylic acids is 2. The maximum atomic E-state index is 13.1. The summed E-state index contributed by atoms with van der Waals surface area (Å²) in [4.78, 5) is 27.1. The van der Waals surface area contributed by atoms with E-state index in [-0.39, 0.29) is 17.3 Å². The molecule has 1 fully saturated rings. The number of quaternary nitrogens is 1. The van der Waals surface area contributed by atoms with Crippen molar-refractivity contribution in [2.45, 2.75) is 30.6 Å². The number of piperazine rings is 1. The summed E-state index contributed by atoms with van der Waals surface area (Å²) in [7, 11) is -3.68. The van der Waals surface area contributed by atoms with Gasteiger partial charge in [0.2, 0.25) is 10.0 Å². The van der Waals surface area contributed by atoms with E-state index in [1.807, 2.05) is 0 Å². The molecule has 3 heterocycles. The van der Waals surface area contributed by atoms with E-state index in [2.05, 4.69) is 5.32 Å². The minimum atomic E-state index is -3.68. The van der Waals surface area contributed by atoms with E-state index in [1.165, 1.54) is 27.8 Å². The Morgan fingerprint density at radius 1 is 1.09 bits per heavy atom. The summed E-state index contributed by atoms with van der Waals surface area (Å²) in [6.07, 6.45) is 3.80. The minimum absolute atomic E-state index is 0.170. The Labute approximate surface area is 208 Å². The second kappa shape index (κ2) is 9.76. The number of aryl methyl sites for hydroxylation is 1. The third-order valence-electron chi connectivity index (χ3n) is 6.66. The van der Waals surface area contributed by atoms with Crippen LogP contribution in [0.3, 0.4) is 0 Å². The van der Waals surface area contributed by atoms with E-state index in [9.17, 15) is 18.0 Å². The van der Waals surface area contributed by atoms with E-state index in [0.717, 1.165) is 41.0 Å². The lowest BCUT2D eigenvalue weighted by Gasteiger charge is -2.31. The molecule has 4 N–H and O–H groups in total. The number of nitrogens with one attached hydrogen (secondary N) is 2. The molecule has 2 aliphatic heterocycles. The zero-order valence-corrected chi connectivity index (χ0v) is 20.9. The quantitative estimate of drug-likeness (QED) is 0.491. The van der Waals surface area contributed by atoms with Crippen molar-refractivity contribution in [3.05, 3.63) is 34.2 Å². The van der Waals surface area contributed by atoms with Gasteiger partial charge in [0.25, 0.3) is 11.8 Å². The zero-order chi connectivity index (χ0) is 24.6. The summed E-state index contributed by atoms with van der Waals surface area (Å²) in [6, 6.07) is 4.66. The summed E-state index contributed by atoms with van der Waals surface area (Å²) < 4.78 is 38.7. The Morgan fingerprint density at radius 3 is 2.54 bits per heavy atom. The number of rotatable bonds is 6. The highest BCUT2D eigenvalue weighted by atomic mass is 32.2. The van der Waals surface area contributed by atoms with Crippen molar-refractivity contribution in [3.63, 3.8) is 0 Å². The molecule has 1 aromatic heterocycles. The van der Waals surface area contributed by atoms with Gasteiger partial charge >= 0.3 is 0 Å². The SMILES string of the molecule is NC(=O)c1c(NC(=O)C[NH+]2CCN(S(=O)(=O)c3ccc4c(c3)OCCO4)CC2)sc2c1CCCC2. The number of primary amides is 1. The normalized spacial score (nSPS) is 18.6. The maximum Gasteiger partial charge on any atom is 0.280 e. The van der Waals surface area contributed by atoms with Crippen LogP contribution in [0.4, 0.5) is 5.00 Å². The Hall–Kier alpha value is -2.67. The molecule has 5 rings (SSSR count). The van der Waals surface area contributed by atoms with Crippen LogP contribution in [-0.2, 0) is 27.7 Å². The molecule has 2 amide bonds. The molecule has 188 valence electrons. The van der Waals surface area contributed by atoms with Gasteiger partial charge in [-0.25, -0.2) is 8.42 Å². The number of fused-ring (bicyclic) bond motifs is 2. The average Bonchev–Trinajstić information content (AvgIpc) is 3.22. The maximum absolute atomic E-state index is 13.1. The minimum Gasteiger partial charge on any atom is -0.486 e. The number of carbonyl (C=O) groups is 2. The molecule has 35 heavy (non-hydrogen) atoms. The molecule has 0 atom stereocenters. The van der Waals surface area contributed by atoms with Crippen molar-refractivity contribution >= 4 is 38.2 Å². The summed E-state index contributed by atoms with van der Waals surface area (Å²) in [6.45, 7) is 2.63. The van der Waals surface area contributed by atoms with Gasteiger partial charge in [-0.1, -0.05) is 0 Å². The Morgan fingerprint density at radius 2 is 1.80 bits per heavy atom. The molecule has 1 saturated heterocycles. The molecule has 3 aliphatic rings. The lowest BCUT2D eigenvalue weighted by Crippen LogP contribution is -3.15. The second-order valence-electron chi connectivity index (χ2n) is 8.96. The Kier molecular flexibility index (Phi) is 6.71. The molecular formula is C23H29N4O6S2+. The van der Waals surface area contributed by atoms with Crippen LogP contribution in [0.15, 0.2) is 23.1 Å². The van der Waals surface area contributed by atoms with Crippen LogP contribution in [0.1, 0.15) is 33.6 Å². The predicted molar refractivity (Wildman–Crippen MR) is 130 cm³/mol. The topological polar surface area (TPSA) is 132 Å². The molecule has 1 aliphatic carbocycles. The van der Waals surface area contributed by atoms with Gasteiger partial charge in [-0.15, -0.1) is 11.3 Å². The van der Waals surface area contributed by atoms with E-state index < -0.39 is 15.9 Å². The molecule has 0 unspecified atom stereocenters. The highest BCUT2D eigenvalue weighted by molar-refractivity contribution is 7.89. The Bertz CT molecular complexity index is 1250. The number of benzene rings is 1. The summed E-state index contributed by atoms with van der Waals surface area (Å²) in [5.41, 5.74) is 7.05. The summed E-state index contributed by atoms with van der Waals surface area (Å²) >= 11 is 1.44. The first kappa shape index (κ1) is 24.0. The van der Waals surface area contributed by atoms with Crippen LogP contribution in [0.2, 0.25) is 0 Å². The molecule has 0 bridgehead atoms. The molecule has 0 saturated carbocycles. The second-order valence-corrected chi connectivity index (χ2v) is 12.0. The monoisotopic (exact) mass is 521 g/mol. The number of hydrogen-bond donors (Lipinski definition) is 3. The zero-order valence-electron chi connectivity index (χ0n) is 19.3. The number of sulfonamides is 1. The van der Waals surface area contributed by atoms with E-state index in [4.69, 9.17) is 15.2 Å². The van der Waals surface area contributed by atoms with Gasteiger partial charge in [0.05, 0.1) is 36.6 Å². The van der Waals surface area contributed by atoms with Crippen LogP contribution >= 0.6 is 11.3 Å². The molecule has 12 heteroatoms. The van der Waals surface area contributed by atoms with Gasteiger partial charge in [0.1, 0.15) is 18.2 Å². The fourth-order valence-corrected chi connectivity index (χ4v) is 7.63. The third-order valence-corrected chi connectivity index (χ3v) is 9.76. The smallest absolute Gasteiger partial charge is 0.280 e. The first-order chi connectivity index (χ1) is 16.8. The first-order valence-corrected chi connectivity index (χ1v) is 14.1. The average molecular weight is 522 g/mol. The number of hydrogen-bond acceptors (Lipinski definition) is 7. The number of thiophene rings is 1. The van der Waals surface area contributed by atoms with Gasteiger partial charge in [-0.05, 0) is 43.4 Å². The van der Waals surface area contributed by atoms with Crippen molar-refractivity contribution in [1.29, 1.82) is 0 Å². The van der Waals surface area contributed by atoms with Gasteiger partial charge < -0.3 is 25.4 Å². The van der Waals surface area contributed by atoms with Gasteiger partial charge in [-0.3, -0.25) is 9.59 Å². The number of nitrogens with zero attached hydrogens (tertiary/aromatic N) is 1. The number of nitrogens with two attached hydrogens (primary N) is 1. The number of amides is 2. The standard InChI is InChI=1S/C23H28N4O6S2/c24-22(29)21-16-3-1-2-4-19(16)34-23(21)25-20(28)14-26-7-9-27(10-8-26)35(30,31)15-5-6-17-18(13-15)33-12-11-32-17/h5-6,13H,1-4,7-12,14H2,(H2,24,29)(H,25,28)/p+1. The summed E-state index contributed by atoms with van der Waals surface area (Å²) in [5.74, 6) is 0.264. The van der Waals surface area contributed by atoms with Crippen LogP contribution in [0.25, 0.3) is 0 Å². The lowest BCUT2D eigenvalue weighted by atomic mass is 9.95. The van der Waals surface area contributed by atoms with Crippen LogP contribution in [-0.4, -0.2) is 70.5 Å². The van der Waals surface area contributed by atoms with Crippen molar-refractivity contribution in [1.82, 2.24) is 4.31 Å². The van der Waals surface area contributed by atoms with Crippen molar-refractivity contribution in [3.8, 4) is 11.5 Å². The molecular weight excluding hydrogens is 492 g/mol. The number of ether oxygens (including phenoxy) is 2. The fraction of sp³-hybridized carbons (Fsp3) is 0.478. The molecule has 1 aromatic carbocycles. The first-order valence-electron chi connectivity index (χ1n) is 11.8. The largest absolute Gasteiger partial charge is 0.486 e. The van der Waals surface area contributed by atoms with Gasteiger partial charge in [0.15, 0.2) is 18.0 Å². The van der Waals surface area contributed by atoms with Crippen molar-refractivity contribution in [2.24, 2.45) is 5.73 Å². The molecule has 0 spiro atoms. The Balaban J connectivity index is 1.19. The van der Waals surface area contributed by atoms with E-state index >= 15 is 0 Å². The van der Waals surface area contributed by atoms with E-state index in [1.54, 1.807) is 6.07 Å². The van der Waals surface area contributed by atoms with Gasteiger partial charge in [0, 0.05) is 10.9 Å². The van der Waals surface area contributed by atoms with Crippen LogP contribution in [0, 0.1) is 0 Å². The highest BCUT2D eigenvalue weighted by Crippen LogP contribution is 2.38. The highest BCUT2D eigenvalue weighted by Gasteiger charge is 2.33. The van der Waals surface area contributed by atoms with Crippen LogP contribution < -0.4 is 25.4 Å². The van der Waals surface area contributed by atoms with E-state index in [0.29, 0.717) is 61.5 Å². The van der Waals surface area contributed by atoms with Crippen LogP contribution in [0.5, 0.6) is 11.5 Å². The molecule has 10 nitrogen and oxygen atoms in total. The van der Waals surface area contributed by atoms with Crippen molar-refractivity contribution in [2.75, 3.05) is 51.3 Å². The third kappa shape index (κ3) is 4.88. The predicted octanol–water partition coefficient (Wildman–Crippen LogP) is 0.0249. The lowest BCUT2D eigenvalue weighted by molar-refractivity contribution is -0.895. The number of anilines is 1. The molecule has 0 radical (unpaired) electrons. The van der Waals surface area contributed by atoms with Crippen molar-refractivity contribution < 1.29 is 32.4 Å². The van der Waals surface area contributed by atoms with Gasteiger partial charge in [-0.2, -0.15) is 4.31 Å². The summed E-state index contributed by atoms with van der Waals surface area (Å²) in [5, 5.41) is 3.43. The fourth-order valence-electron chi connectivity index (χ4n) is 4.87.